The summed E-state index contributed by atoms with van der Waals surface area (Å²) in [6.45, 7) is 5.69. The Labute approximate surface area is 346 Å². The van der Waals surface area contributed by atoms with E-state index in [1.807, 2.05) is 50.2 Å². The lowest BCUT2D eigenvalue weighted by molar-refractivity contribution is -0.151. The molecule has 6 rings (SSSR count). The molecule has 0 radical (unpaired) electrons. The van der Waals surface area contributed by atoms with Crippen LogP contribution in [0.3, 0.4) is 0 Å². The Hall–Kier alpha value is -4.58. The Morgan fingerprint density at radius 1 is 0.895 bits per heavy atom. The van der Waals surface area contributed by atoms with Gasteiger partial charge < -0.3 is 41.1 Å². The van der Waals surface area contributed by atoms with Crippen molar-refractivity contribution in [3.63, 3.8) is 0 Å². The lowest BCUT2D eigenvalue weighted by Gasteiger charge is -2.39. The van der Waals surface area contributed by atoms with E-state index in [4.69, 9.17) is 0 Å². The standard InChI is InChI=1S/C41H52IN7O8/c1-24-8-6-9-27(18-24)19-30(46-40(57)44-29-14-12-28(42)13-15-29)35(52)45-31(23-50)38(55)48-17-7-11-33(48)39(56)47-16-5-4-10-32(47)36(53)43-26(3)37(54)49-22-25(2)20-41(49)21-34(41)51/h6,8-9,12-15,18,25-26,30-33,50H,4-5,7,10-11,16-17,19-23H2,1-3H3,(H,43,53)(H,45,52)(H2,44,46,57)/t25-,26-,30-,31-,32-,33-,41-/m0/s1. The van der Waals surface area contributed by atoms with E-state index < -0.39 is 72.0 Å². The number of anilines is 1. The maximum atomic E-state index is 14.2. The Balaban J connectivity index is 1.11. The maximum absolute atomic E-state index is 14.2. The number of halogens is 1. The van der Waals surface area contributed by atoms with E-state index in [1.54, 1.807) is 24.0 Å². The number of urea groups is 1. The first-order chi connectivity index (χ1) is 27.2. The van der Waals surface area contributed by atoms with Crippen LogP contribution in [0.25, 0.3) is 0 Å². The molecule has 3 saturated heterocycles. The Kier molecular flexibility index (Phi) is 13.2. The molecule has 0 aromatic heterocycles. The van der Waals surface area contributed by atoms with Crippen molar-refractivity contribution in [1.82, 2.24) is 30.7 Å². The van der Waals surface area contributed by atoms with Gasteiger partial charge in [-0.1, -0.05) is 36.8 Å². The molecule has 57 heavy (non-hydrogen) atoms. The van der Waals surface area contributed by atoms with Gasteiger partial charge in [0, 0.05) is 41.7 Å². The molecule has 1 saturated carbocycles. The summed E-state index contributed by atoms with van der Waals surface area (Å²) in [7, 11) is 0. The fourth-order valence-electron chi connectivity index (χ4n) is 8.54. The van der Waals surface area contributed by atoms with Crippen LogP contribution < -0.4 is 21.3 Å². The molecule has 306 valence electrons. The number of benzene rings is 2. The molecule has 1 aliphatic carbocycles. The molecule has 1 spiro atoms. The number of nitrogens with zero attached hydrogens (tertiary/aromatic N) is 3. The Bertz CT molecular complexity index is 1890. The van der Waals surface area contributed by atoms with Gasteiger partial charge in [-0.3, -0.25) is 28.8 Å². The van der Waals surface area contributed by atoms with E-state index in [0.717, 1.165) is 14.7 Å². The summed E-state index contributed by atoms with van der Waals surface area (Å²) < 4.78 is 0.982. The van der Waals surface area contributed by atoms with Crippen LogP contribution in [-0.4, -0.2) is 123 Å². The molecule has 15 nitrogen and oxygen atoms in total. The maximum Gasteiger partial charge on any atom is 0.319 e. The zero-order valence-electron chi connectivity index (χ0n) is 32.6. The molecular weight excluding hydrogens is 845 g/mol. The normalized spacial score (nSPS) is 24.4. The van der Waals surface area contributed by atoms with E-state index in [9.17, 15) is 38.7 Å². The zero-order valence-corrected chi connectivity index (χ0v) is 34.8. The molecule has 2 aromatic rings. The third-order valence-corrected chi connectivity index (χ3v) is 12.2. The lowest BCUT2D eigenvalue weighted by Crippen LogP contribution is -2.61. The highest BCUT2D eigenvalue weighted by atomic mass is 127. The van der Waals surface area contributed by atoms with Crippen LogP contribution >= 0.6 is 22.6 Å². The molecule has 3 aliphatic heterocycles. The van der Waals surface area contributed by atoms with Crippen molar-refractivity contribution in [2.45, 2.75) is 108 Å². The highest BCUT2D eigenvalue weighted by Crippen LogP contribution is 2.48. The number of carbonyl (C=O) groups is 7. The predicted molar refractivity (Wildman–Crippen MR) is 219 cm³/mol. The Morgan fingerprint density at radius 2 is 1.60 bits per heavy atom. The lowest BCUT2D eigenvalue weighted by atomic mass is 9.99. The number of piperidine rings is 1. The van der Waals surface area contributed by atoms with E-state index in [2.05, 4.69) is 43.9 Å². The average molecular weight is 898 g/mol. The van der Waals surface area contributed by atoms with Crippen LogP contribution in [0.2, 0.25) is 0 Å². The molecule has 5 N–H and O–H groups in total. The van der Waals surface area contributed by atoms with E-state index in [0.29, 0.717) is 57.2 Å². The van der Waals surface area contributed by atoms with Crippen molar-refractivity contribution >= 4 is 69.6 Å². The number of carbonyl (C=O) groups excluding carboxylic acids is 7. The van der Waals surface area contributed by atoms with Crippen molar-refractivity contribution in [3.8, 4) is 0 Å². The van der Waals surface area contributed by atoms with Crippen LogP contribution in [0.5, 0.6) is 0 Å². The minimum atomic E-state index is -1.41. The first kappa shape index (κ1) is 42.0. The van der Waals surface area contributed by atoms with Crippen molar-refractivity contribution in [3.05, 3.63) is 63.2 Å². The quantitative estimate of drug-likeness (QED) is 0.200. The van der Waals surface area contributed by atoms with Crippen LogP contribution in [0.4, 0.5) is 10.5 Å². The zero-order chi connectivity index (χ0) is 41.0. The summed E-state index contributed by atoms with van der Waals surface area (Å²) in [4.78, 5) is 99.1. The van der Waals surface area contributed by atoms with Gasteiger partial charge in [-0.25, -0.2) is 4.79 Å². The predicted octanol–water partition coefficient (Wildman–Crippen LogP) is 2.27. The van der Waals surface area contributed by atoms with Gasteiger partial charge in [0.1, 0.15) is 35.7 Å². The third kappa shape index (κ3) is 9.59. The second kappa shape index (κ2) is 17.9. The molecule has 2 aromatic carbocycles. The van der Waals surface area contributed by atoms with Gasteiger partial charge in [0.25, 0.3) is 0 Å². The number of aryl methyl sites for hydroxylation is 1. The van der Waals surface area contributed by atoms with Crippen molar-refractivity contribution < 1.29 is 38.7 Å². The molecule has 3 heterocycles. The monoisotopic (exact) mass is 897 g/mol. The van der Waals surface area contributed by atoms with Crippen LogP contribution in [0, 0.1) is 16.4 Å². The van der Waals surface area contributed by atoms with E-state index >= 15 is 0 Å². The molecule has 0 bridgehead atoms. The van der Waals surface area contributed by atoms with E-state index in [1.165, 1.54) is 9.80 Å². The van der Waals surface area contributed by atoms with Gasteiger partial charge in [-0.15, -0.1) is 0 Å². The number of ketones is 1. The van der Waals surface area contributed by atoms with Crippen molar-refractivity contribution in [2.24, 2.45) is 5.92 Å². The number of amides is 7. The van der Waals surface area contributed by atoms with Crippen LogP contribution in [0.1, 0.15) is 69.9 Å². The number of nitrogens with one attached hydrogen (secondary N) is 4. The van der Waals surface area contributed by atoms with Gasteiger partial charge in [-0.05, 0) is 111 Å². The van der Waals surface area contributed by atoms with Crippen LogP contribution in [-0.2, 0) is 35.2 Å². The van der Waals surface area contributed by atoms with Crippen LogP contribution in [0.15, 0.2) is 48.5 Å². The van der Waals surface area contributed by atoms with Gasteiger partial charge in [0.05, 0.1) is 6.61 Å². The second-order valence-corrected chi connectivity index (χ2v) is 17.2. The number of hydrogen-bond donors (Lipinski definition) is 5. The summed E-state index contributed by atoms with van der Waals surface area (Å²) in [5.74, 6) is -2.33. The summed E-state index contributed by atoms with van der Waals surface area (Å²) >= 11 is 2.15. The van der Waals surface area contributed by atoms with Gasteiger partial charge in [0.2, 0.25) is 29.5 Å². The highest BCUT2D eigenvalue weighted by molar-refractivity contribution is 14.1. The van der Waals surface area contributed by atoms with Gasteiger partial charge >= 0.3 is 6.03 Å². The molecule has 0 unspecified atom stereocenters. The topological polar surface area (TPSA) is 198 Å². The molecule has 4 fully saturated rings. The SMILES string of the molecule is Cc1cccc(C[C@H](NC(=O)Nc2ccc(I)cc2)C(=O)N[C@@H](CO)C(=O)N2CCC[C@H]2C(=O)N2CCCC[C@H]2C(=O)N[C@@H](C)C(=O)N2C[C@@H](C)C[C@@]23CC3=O)c1. The second-order valence-electron chi connectivity index (χ2n) is 15.9. The first-order valence-electron chi connectivity index (χ1n) is 19.8. The number of rotatable bonds is 12. The third-order valence-electron chi connectivity index (χ3n) is 11.5. The first-order valence-corrected chi connectivity index (χ1v) is 20.8. The summed E-state index contributed by atoms with van der Waals surface area (Å²) in [5.41, 5.74) is 1.50. The van der Waals surface area contributed by atoms with Crippen molar-refractivity contribution in [2.75, 3.05) is 31.6 Å². The highest BCUT2D eigenvalue weighted by Gasteiger charge is 2.63. The summed E-state index contributed by atoms with van der Waals surface area (Å²) in [5, 5.41) is 21.3. The average Bonchev–Trinajstić information content (AvgIpc) is 3.47. The fourth-order valence-corrected chi connectivity index (χ4v) is 8.90. The van der Waals surface area contributed by atoms with E-state index in [-0.39, 0.29) is 37.1 Å². The minimum absolute atomic E-state index is 0.0428. The Morgan fingerprint density at radius 3 is 2.28 bits per heavy atom. The molecule has 7 atom stereocenters. The number of aliphatic hydroxyl groups is 1. The number of likely N-dealkylation sites (tertiary alicyclic amines) is 3. The minimum Gasteiger partial charge on any atom is -0.394 e. The molecule has 16 heteroatoms. The van der Waals surface area contributed by atoms with Gasteiger partial charge in [0.15, 0.2) is 5.78 Å². The number of hydrogen-bond acceptors (Lipinski definition) is 8. The number of aliphatic hydroxyl groups excluding tert-OH is 1. The fraction of sp³-hybridized carbons (Fsp3) is 0.537. The summed E-state index contributed by atoms with van der Waals surface area (Å²) in [6.07, 6.45) is 3.61. The smallest absolute Gasteiger partial charge is 0.319 e. The molecule has 4 aliphatic rings. The summed E-state index contributed by atoms with van der Waals surface area (Å²) in [6, 6.07) is 8.73. The van der Waals surface area contributed by atoms with Crippen molar-refractivity contribution in [1.29, 1.82) is 0 Å². The molecular formula is C41H52IN7O8. The van der Waals surface area contributed by atoms with Gasteiger partial charge in [-0.2, -0.15) is 0 Å². The number of Topliss-reactive ketones (excluding diaryl/α,β-unsaturated/α-hetero) is 1. The molecule has 7 amide bonds. The largest absolute Gasteiger partial charge is 0.394 e.